The van der Waals surface area contributed by atoms with Gasteiger partial charge in [0.05, 0.1) is 11.3 Å². The van der Waals surface area contributed by atoms with E-state index in [9.17, 15) is 9.59 Å². The first kappa shape index (κ1) is 24.0. The Hall–Kier alpha value is -3.13. The normalized spacial score (nSPS) is 10.6. The summed E-state index contributed by atoms with van der Waals surface area (Å²) in [5.41, 5.74) is 4.39. The van der Waals surface area contributed by atoms with Crippen LogP contribution in [0.25, 0.3) is 11.3 Å². The molecule has 5 nitrogen and oxygen atoms in total. The number of carbonyl (C=O) groups excluding carboxylic acids is 2. The number of halogens is 1. The van der Waals surface area contributed by atoms with Crippen LogP contribution in [0.4, 0.5) is 5.13 Å². The van der Waals surface area contributed by atoms with E-state index in [2.05, 4.69) is 10.3 Å². The zero-order valence-corrected chi connectivity index (χ0v) is 20.7. The highest BCUT2D eigenvalue weighted by molar-refractivity contribution is 7.98. The number of nitrogens with one attached hydrogen (secondary N) is 1. The molecule has 0 aliphatic rings. The number of benzene rings is 3. The van der Waals surface area contributed by atoms with Gasteiger partial charge in [-0.15, -0.1) is 23.1 Å². The largest absolute Gasteiger partial charge is 0.452 e. The maximum Gasteiger partial charge on any atom is 0.338 e. The lowest BCUT2D eigenvalue weighted by Crippen LogP contribution is -2.20. The third kappa shape index (κ3) is 6.70. The van der Waals surface area contributed by atoms with E-state index >= 15 is 0 Å². The zero-order chi connectivity index (χ0) is 23.9. The van der Waals surface area contributed by atoms with E-state index in [0.717, 1.165) is 27.5 Å². The van der Waals surface area contributed by atoms with E-state index < -0.39 is 11.9 Å². The Bertz CT molecular complexity index is 1270. The number of aryl methyl sites for hydroxylation is 1. The van der Waals surface area contributed by atoms with Crippen molar-refractivity contribution < 1.29 is 14.3 Å². The molecule has 0 spiro atoms. The van der Waals surface area contributed by atoms with Crippen LogP contribution in [0.3, 0.4) is 0 Å². The van der Waals surface area contributed by atoms with Gasteiger partial charge in [-0.3, -0.25) is 10.1 Å². The second-order valence-corrected chi connectivity index (χ2v) is 9.81. The monoisotopic (exact) mass is 508 g/mol. The summed E-state index contributed by atoms with van der Waals surface area (Å²) in [6.45, 7) is 1.64. The topological polar surface area (TPSA) is 68.3 Å². The van der Waals surface area contributed by atoms with E-state index in [1.807, 2.05) is 73.0 Å². The Kier molecular flexibility index (Phi) is 8.00. The summed E-state index contributed by atoms with van der Waals surface area (Å²) in [6.07, 6.45) is 0. The molecule has 1 amide bonds. The molecule has 172 valence electrons. The molecule has 0 aliphatic carbocycles. The molecule has 0 unspecified atom stereocenters. The SMILES string of the molecule is Cc1ccc(-c2csc(NC(=O)COC(=O)c3ccc(CSc4ccc(Cl)cc4)cc3)n2)cc1. The molecule has 1 aromatic heterocycles. The summed E-state index contributed by atoms with van der Waals surface area (Å²) in [5, 5.41) is 5.71. The fraction of sp³-hybridized carbons (Fsp3) is 0.115. The minimum absolute atomic E-state index is 0.382. The number of hydrogen-bond donors (Lipinski definition) is 1. The summed E-state index contributed by atoms with van der Waals surface area (Å²) in [6, 6.07) is 22.8. The van der Waals surface area contributed by atoms with Gasteiger partial charge in [0.15, 0.2) is 11.7 Å². The number of thiazole rings is 1. The Balaban J connectivity index is 1.24. The quantitative estimate of drug-likeness (QED) is 0.208. The van der Waals surface area contributed by atoms with Crippen LogP contribution in [0.5, 0.6) is 0 Å². The molecule has 0 saturated heterocycles. The number of esters is 1. The van der Waals surface area contributed by atoms with Crippen LogP contribution < -0.4 is 5.32 Å². The standard InChI is InChI=1S/C26H21ClN2O3S2/c1-17-2-6-19(7-3-17)23-16-34-26(28-23)29-24(30)14-32-25(31)20-8-4-18(5-9-20)15-33-22-12-10-21(27)11-13-22/h2-13,16H,14-15H2,1H3,(H,28,29,30). The molecular weight excluding hydrogens is 488 g/mol. The van der Waals surface area contributed by atoms with Crippen molar-refractivity contribution in [2.24, 2.45) is 0 Å². The number of aromatic nitrogens is 1. The van der Waals surface area contributed by atoms with Gasteiger partial charge in [0.2, 0.25) is 0 Å². The maximum absolute atomic E-state index is 12.3. The first-order chi connectivity index (χ1) is 16.5. The molecule has 0 bridgehead atoms. The predicted molar refractivity (Wildman–Crippen MR) is 139 cm³/mol. The summed E-state index contributed by atoms with van der Waals surface area (Å²) in [5.74, 6) is -0.224. The van der Waals surface area contributed by atoms with E-state index in [0.29, 0.717) is 15.7 Å². The van der Waals surface area contributed by atoms with Crippen molar-refractivity contribution in [1.29, 1.82) is 0 Å². The van der Waals surface area contributed by atoms with E-state index in [4.69, 9.17) is 16.3 Å². The number of carbonyl (C=O) groups is 2. The number of rotatable bonds is 8. The van der Waals surface area contributed by atoms with Crippen molar-refractivity contribution in [3.8, 4) is 11.3 Å². The average molecular weight is 509 g/mol. The Morgan fingerprint density at radius 3 is 2.41 bits per heavy atom. The lowest BCUT2D eigenvalue weighted by Gasteiger charge is -2.06. The van der Waals surface area contributed by atoms with Crippen LogP contribution in [0.2, 0.25) is 5.02 Å². The molecule has 0 aliphatic heterocycles. The van der Waals surface area contributed by atoms with Crippen LogP contribution >= 0.6 is 34.7 Å². The molecule has 0 saturated carbocycles. The summed E-state index contributed by atoms with van der Waals surface area (Å²) in [7, 11) is 0. The van der Waals surface area contributed by atoms with E-state index in [1.54, 1.807) is 23.9 Å². The van der Waals surface area contributed by atoms with Crippen molar-refractivity contribution >= 4 is 51.7 Å². The fourth-order valence-corrected chi connectivity index (χ4v) is 4.71. The minimum Gasteiger partial charge on any atom is -0.452 e. The molecular formula is C26H21ClN2O3S2. The van der Waals surface area contributed by atoms with E-state index in [1.165, 1.54) is 16.9 Å². The second-order valence-electron chi connectivity index (χ2n) is 7.47. The van der Waals surface area contributed by atoms with Crippen LogP contribution in [-0.4, -0.2) is 23.5 Å². The number of hydrogen-bond acceptors (Lipinski definition) is 6. The number of amides is 1. The smallest absolute Gasteiger partial charge is 0.338 e. The molecule has 1 N–H and O–H groups in total. The van der Waals surface area contributed by atoms with Gasteiger partial charge in [0.25, 0.3) is 5.91 Å². The third-order valence-electron chi connectivity index (χ3n) is 4.84. The van der Waals surface area contributed by atoms with Gasteiger partial charge in [-0.25, -0.2) is 9.78 Å². The third-order valence-corrected chi connectivity index (χ3v) is 6.93. The summed E-state index contributed by atoms with van der Waals surface area (Å²) >= 11 is 8.91. The molecule has 8 heteroatoms. The molecule has 4 rings (SSSR count). The van der Waals surface area contributed by atoms with Crippen molar-refractivity contribution in [3.05, 3.63) is 99.9 Å². The number of thioether (sulfide) groups is 1. The van der Waals surface area contributed by atoms with Crippen LogP contribution in [0.15, 0.2) is 83.1 Å². The van der Waals surface area contributed by atoms with Crippen molar-refractivity contribution in [2.45, 2.75) is 17.6 Å². The minimum atomic E-state index is -0.550. The van der Waals surface area contributed by atoms with Crippen LogP contribution in [-0.2, 0) is 15.3 Å². The zero-order valence-electron chi connectivity index (χ0n) is 18.3. The maximum atomic E-state index is 12.3. The molecule has 1 heterocycles. The fourth-order valence-electron chi connectivity index (χ4n) is 2.99. The van der Waals surface area contributed by atoms with Crippen molar-refractivity contribution in [1.82, 2.24) is 4.98 Å². The Labute approximate surface area is 211 Å². The number of nitrogens with zero attached hydrogens (tertiary/aromatic N) is 1. The van der Waals surface area contributed by atoms with Crippen LogP contribution in [0, 0.1) is 6.92 Å². The molecule has 4 aromatic rings. The molecule has 0 radical (unpaired) electrons. The highest BCUT2D eigenvalue weighted by atomic mass is 35.5. The second kappa shape index (κ2) is 11.3. The molecule has 3 aromatic carbocycles. The average Bonchev–Trinajstić information content (AvgIpc) is 3.31. The predicted octanol–water partition coefficient (Wildman–Crippen LogP) is 6.86. The Morgan fingerprint density at radius 2 is 1.71 bits per heavy atom. The van der Waals surface area contributed by atoms with Crippen molar-refractivity contribution in [3.63, 3.8) is 0 Å². The number of anilines is 1. The Morgan fingerprint density at radius 1 is 1.00 bits per heavy atom. The highest BCUT2D eigenvalue weighted by Gasteiger charge is 2.12. The number of ether oxygens (including phenoxy) is 1. The lowest BCUT2D eigenvalue weighted by molar-refractivity contribution is -0.119. The van der Waals surface area contributed by atoms with Gasteiger partial charge < -0.3 is 4.74 Å². The van der Waals surface area contributed by atoms with Gasteiger partial charge in [0, 0.05) is 26.6 Å². The molecule has 34 heavy (non-hydrogen) atoms. The summed E-state index contributed by atoms with van der Waals surface area (Å²) < 4.78 is 5.16. The van der Waals surface area contributed by atoms with Gasteiger partial charge in [-0.1, -0.05) is 53.6 Å². The molecule has 0 fully saturated rings. The highest BCUT2D eigenvalue weighted by Crippen LogP contribution is 2.26. The summed E-state index contributed by atoms with van der Waals surface area (Å²) in [4.78, 5) is 30.1. The van der Waals surface area contributed by atoms with Gasteiger partial charge in [-0.05, 0) is 48.9 Å². The van der Waals surface area contributed by atoms with Crippen LogP contribution in [0.1, 0.15) is 21.5 Å². The molecule has 0 atom stereocenters. The van der Waals surface area contributed by atoms with Gasteiger partial charge in [-0.2, -0.15) is 0 Å². The van der Waals surface area contributed by atoms with E-state index in [-0.39, 0.29) is 6.61 Å². The van der Waals surface area contributed by atoms with Crippen molar-refractivity contribution in [2.75, 3.05) is 11.9 Å². The lowest BCUT2D eigenvalue weighted by atomic mass is 10.1. The first-order valence-electron chi connectivity index (χ1n) is 10.4. The van der Waals surface area contributed by atoms with Gasteiger partial charge >= 0.3 is 5.97 Å². The van der Waals surface area contributed by atoms with Gasteiger partial charge in [0.1, 0.15) is 0 Å². The first-order valence-corrected chi connectivity index (χ1v) is 12.7.